The minimum absolute atomic E-state index is 0.498. The minimum Gasteiger partial charge on any atom is -0.496 e. The largest absolute Gasteiger partial charge is 0.496 e. The number of benzene rings is 1. The molecule has 1 saturated carbocycles. The molecular weight excluding hydrogens is 308 g/mol. The average Bonchev–Trinajstić information content (AvgIpc) is 2.72. The van der Waals surface area contributed by atoms with Crippen LogP contribution >= 0.6 is 15.9 Å². The van der Waals surface area contributed by atoms with Gasteiger partial charge in [0.05, 0.1) is 17.0 Å². The van der Waals surface area contributed by atoms with Gasteiger partial charge in [-0.05, 0) is 65.2 Å². The predicted molar refractivity (Wildman–Crippen MR) is 77.5 cm³/mol. The molecule has 0 bridgehead atoms. The number of carboxylic acid groups (broad SMARTS) is 1. The summed E-state index contributed by atoms with van der Waals surface area (Å²) in [5.74, 6) is 0.606. The lowest BCUT2D eigenvalue weighted by Crippen LogP contribution is -2.30. The topological polar surface area (TPSA) is 46.5 Å². The van der Waals surface area contributed by atoms with Crippen molar-refractivity contribution in [1.82, 2.24) is 0 Å². The first-order valence-electron chi connectivity index (χ1n) is 6.53. The Morgan fingerprint density at radius 2 is 2.32 bits per heavy atom. The molecule has 2 atom stereocenters. The molecule has 3 nitrogen and oxygen atoms in total. The molecule has 0 saturated heterocycles. The number of aliphatic carboxylic acids is 1. The van der Waals surface area contributed by atoms with Crippen LogP contribution in [-0.2, 0) is 11.2 Å². The van der Waals surface area contributed by atoms with Gasteiger partial charge in [-0.1, -0.05) is 13.0 Å². The van der Waals surface area contributed by atoms with E-state index in [-0.39, 0.29) is 0 Å². The van der Waals surface area contributed by atoms with Crippen molar-refractivity contribution >= 4 is 21.9 Å². The van der Waals surface area contributed by atoms with Crippen LogP contribution in [0.25, 0.3) is 0 Å². The third kappa shape index (κ3) is 2.94. The second-order valence-electron chi connectivity index (χ2n) is 5.58. The molecule has 0 heterocycles. The molecule has 0 aliphatic heterocycles. The maximum Gasteiger partial charge on any atom is 0.309 e. The quantitative estimate of drug-likeness (QED) is 0.912. The molecule has 1 N–H and O–H groups in total. The molecule has 1 aromatic rings. The number of halogens is 1. The smallest absolute Gasteiger partial charge is 0.309 e. The number of carbonyl (C=O) groups is 1. The lowest BCUT2D eigenvalue weighted by atomic mass is 9.79. The Morgan fingerprint density at radius 1 is 1.58 bits per heavy atom. The van der Waals surface area contributed by atoms with Crippen molar-refractivity contribution in [2.75, 3.05) is 7.11 Å². The van der Waals surface area contributed by atoms with Crippen LogP contribution < -0.4 is 4.74 Å². The number of ether oxygens (including phenoxy) is 1. The van der Waals surface area contributed by atoms with Gasteiger partial charge < -0.3 is 9.84 Å². The summed E-state index contributed by atoms with van der Waals surface area (Å²) in [6.07, 6.45) is 3.14. The van der Waals surface area contributed by atoms with Crippen molar-refractivity contribution in [1.29, 1.82) is 0 Å². The molecule has 1 aliphatic carbocycles. The summed E-state index contributed by atoms with van der Waals surface area (Å²) in [6, 6.07) is 5.80. The summed E-state index contributed by atoms with van der Waals surface area (Å²) in [5, 5.41) is 9.58. The van der Waals surface area contributed by atoms with Crippen LogP contribution in [0.3, 0.4) is 0 Å². The fourth-order valence-electron chi connectivity index (χ4n) is 3.03. The van der Waals surface area contributed by atoms with E-state index < -0.39 is 11.4 Å². The monoisotopic (exact) mass is 326 g/mol. The van der Waals surface area contributed by atoms with E-state index in [1.54, 1.807) is 7.11 Å². The van der Waals surface area contributed by atoms with E-state index in [4.69, 9.17) is 4.74 Å². The number of hydrogen-bond acceptors (Lipinski definition) is 2. The van der Waals surface area contributed by atoms with Crippen LogP contribution in [0.5, 0.6) is 5.75 Å². The van der Waals surface area contributed by atoms with Gasteiger partial charge in [-0.2, -0.15) is 0 Å². The van der Waals surface area contributed by atoms with E-state index in [0.29, 0.717) is 12.3 Å². The van der Waals surface area contributed by atoms with Crippen LogP contribution in [0, 0.1) is 11.3 Å². The lowest BCUT2D eigenvalue weighted by molar-refractivity contribution is -0.148. The molecule has 1 aliphatic rings. The fourth-order valence-corrected chi connectivity index (χ4v) is 3.62. The summed E-state index contributed by atoms with van der Waals surface area (Å²) >= 11 is 3.45. The Kier molecular flexibility index (Phi) is 4.19. The van der Waals surface area contributed by atoms with Crippen LogP contribution in [0.1, 0.15) is 31.7 Å². The van der Waals surface area contributed by atoms with E-state index in [2.05, 4.69) is 22.9 Å². The van der Waals surface area contributed by atoms with Crippen molar-refractivity contribution in [2.24, 2.45) is 11.3 Å². The van der Waals surface area contributed by atoms with Gasteiger partial charge in [-0.15, -0.1) is 0 Å². The van der Waals surface area contributed by atoms with Crippen molar-refractivity contribution in [2.45, 2.75) is 32.6 Å². The van der Waals surface area contributed by atoms with Gasteiger partial charge in [0, 0.05) is 0 Å². The fraction of sp³-hybridized carbons (Fsp3) is 0.533. The third-order valence-electron chi connectivity index (χ3n) is 4.07. The summed E-state index contributed by atoms with van der Waals surface area (Å²) < 4.78 is 6.07. The molecular formula is C15H19BrO3. The van der Waals surface area contributed by atoms with Gasteiger partial charge in [-0.3, -0.25) is 4.79 Å². The van der Waals surface area contributed by atoms with Crippen LogP contribution in [0.2, 0.25) is 0 Å². The van der Waals surface area contributed by atoms with Gasteiger partial charge in [0.1, 0.15) is 5.75 Å². The Hall–Kier alpha value is -1.03. The molecule has 2 unspecified atom stereocenters. The standard InChI is InChI=1S/C15H19BrO3/c1-10-5-6-15(8-10,14(17)18)9-11-3-4-13(19-2)12(16)7-11/h3-4,7,10H,5-6,8-9H2,1-2H3,(H,17,18). The zero-order valence-electron chi connectivity index (χ0n) is 11.3. The Balaban J connectivity index is 2.23. The van der Waals surface area contributed by atoms with E-state index in [9.17, 15) is 9.90 Å². The molecule has 104 valence electrons. The number of hydrogen-bond donors (Lipinski definition) is 1. The van der Waals surface area contributed by atoms with Crippen LogP contribution in [0.4, 0.5) is 0 Å². The lowest BCUT2D eigenvalue weighted by Gasteiger charge is -2.24. The highest BCUT2D eigenvalue weighted by molar-refractivity contribution is 9.10. The summed E-state index contributed by atoms with van der Waals surface area (Å²) in [7, 11) is 1.62. The molecule has 19 heavy (non-hydrogen) atoms. The first-order valence-corrected chi connectivity index (χ1v) is 7.32. The first kappa shape index (κ1) is 14.4. The summed E-state index contributed by atoms with van der Waals surface area (Å²) in [5.41, 5.74) is 0.456. The number of methoxy groups -OCH3 is 1. The van der Waals surface area contributed by atoms with Crippen molar-refractivity contribution < 1.29 is 14.6 Å². The molecule has 0 spiro atoms. The highest BCUT2D eigenvalue weighted by Crippen LogP contribution is 2.44. The Morgan fingerprint density at radius 3 is 2.79 bits per heavy atom. The van der Waals surface area contributed by atoms with Crippen molar-refractivity contribution in [3.8, 4) is 5.75 Å². The Labute approximate surface area is 122 Å². The molecule has 0 radical (unpaired) electrons. The molecule has 0 aromatic heterocycles. The number of rotatable bonds is 4. The highest BCUT2D eigenvalue weighted by Gasteiger charge is 2.44. The second-order valence-corrected chi connectivity index (χ2v) is 6.43. The van der Waals surface area contributed by atoms with Gasteiger partial charge >= 0.3 is 5.97 Å². The van der Waals surface area contributed by atoms with Gasteiger partial charge in [0.2, 0.25) is 0 Å². The molecule has 2 rings (SSSR count). The zero-order chi connectivity index (χ0) is 14.0. The molecule has 1 fully saturated rings. The molecule has 0 amide bonds. The van der Waals surface area contributed by atoms with E-state index >= 15 is 0 Å². The van der Waals surface area contributed by atoms with Crippen molar-refractivity contribution in [3.05, 3.63) is 28.2 Å². The average molecular weight is 327 g/mol. The van der Waals surface area contributed by atoms with Gasteiger partial charge in [-0.25, -0.2) is 0 Å². The van der Waals surface area contributed by atoms with Crippen molar-refractivity contribution in [3.63, 3.8) is 0 Å². The van der Waals surface area contributed by atoms with Crippen LogP contribution in [-0.4, -0.2) is 18.2 Å². The normalized spacial score (nSPS) is 26.4. The summed E-state index contributed by atoms with van der Waals surface area (Å²) in [4.78, 5) is 11.6. The highest BCUT2D eigenvalue weighted by atomic mass is 79.9. The number of carboxylic acids is 1. The Bertz CT molecular complexity index is 486. The maximum atomic E-state index is 11.6. The molecule has 1 aromatic carbocycles. The zero-order valence-corrected chi connectivity index (χ0v) is 12.9. The second kappa shape index (κ2) is 5.53. The SMILES string of the molecule is COc1ccc(CC2(C(=O)O)CCC(C)C2)cc1Br. The van der Waals surface area contributed by atoms with Gasteiger partial charge in [0.15, 0.2) is 0 Å². The summed E-state index contributed by atoms with van der Waals surface area (Å²) in [6.45, 7) is 2.13. The van der Waals surface area contributed by atoms with Crippen LogP contribution in [0.15, 0.2) is 22.7 Å². The minimum atomic E-state index is -0.663. The van der Waals surface area contributed by atoms with E-state index in [1.165, 1.54) is 0 Å². The molecule has 4 heteroatoms. The van der Waals surface area contributed by atoms with E-state index in [0.717, 1.165) is 35.0 Å². The first-order chi connectivity index (χ1) is 8.97. The maximum absolute atomic E-state index is 11.6. The third-order valence-corrected chi connectivity index (χ3v) is 4.69. The van der Waals surface area contributed by atoms with Gasteiger partial charge in [0.25, 0.3) is 0 Å². The van der Waals surface area contributed by atoms with E-state index in [1.807, 2.05) is 18.2 Å². The predicted octanol–water partition coefficient (Wildman–Crippen LogP) is 3.89.